The molecule has 2 N–H and O–H groups in total. The van der Waals surface area contributed by atoms with Crippen LogP contribution in [0, 0.1) is 6.92 Å². The van der Waals surface area contributed by atoms with E-state index in [-0.39, 0.29) is 38.1 Å². The summed E-state index contributed by atoms with van der Waals surface area (Å²) in [6.45, 7) is 4.37. The molecule has 4 aromatic heterocycles. The number of aliphatic hydroxyl groups excluding tert-OH is 1. The number of carbonyl (C=O) groups is 1. The van der Waals surface area contributed by atoms with Crippen LogP contribution in [0.1, 0.15) is 53.7 Å². The first-order valence-corrected chi connectivity index (χ1v) is 13.8. The minimum absolute atomic E-state index is 0.116. The Hall–Kier alpha value is -4.46. The Labute approximate surface area is 240 Å². The van der Waals surface area contributed by atoms with Gasteiger partial charge in [-0.2, -0.15) is 4.52 Å². The molecule has 13 heteroatoms. The summed E-state index contributed by atoms with van der Waals surface area (Å²) >= 11 is 0. The predicted molar refractivity (Wildman–Crippen MR) is 149 cm³/mol. The van der Waals surface area contributed by atoms with Crippen molar-refractivity contribution in [2.45, 2.75) is 58.7 Å². The first-order valence-electron chi connectivity index (χ1n) is 13.8. The van der Waals surface area contributed by atoms with E-state index < -0.39 is 0 Å². The zero-order valence-electron chi connectivity index (χ0n) is 23.3. The third-order valence-corrected chi connectivity index (χ3v) is 6.96. The van der Waals surface area contributed by atoms with Gasteiger partial charge < -0.3 is 29.2 Å². The summed E-state index contributed by atoms with van der Waals surface area (Å²) in [6.07, 6.45) is 2.74. The third-order valence-electron chi connectivity index (χ3n) is 6.96. The number of ether oxygens (including phenoxy) is 3. The Morgan fingerprint density at radius 1 is 1.17 bits per heavy atom. The lowest BCUT2D eigenvalue weighted by Gasteiger charge is -2.21. The van der Waals surface area contributed by atoms with E-state index >= 15 is 0 Å². The number of benzene rings is 1. The number of hydrogen-bond donors (Lipinski definition) is 2. The summed E-state index contributed by atoms with van der Waals surface area (Å²) < 4.78 is 24.7. The van der Waals surface area contributed by atoms with E-state index in [1.54, 1.807) is 36.6 Å². The van der Waals surface area contributed by atoms with E-state index in [1.807, 2.05) is 24.3 Å². The monoisotopic (exact) mass is 573 g/mol. The van der Waals surface area contributed by atoms with Crippen LogP contribution in [-0.4, -0.2) is 66.5 Å². The highest BCUT2D eigenvalue weighted by Gasteiger charge is 2.21. The van der Waals surface area contributed by atoms with Crippen molar-refractivity contribution < 1.29 is 28.6 Å². The largest absolute Gasteiger partial charge is 0.470 e. The molecule has 13 nitrogen and oxygen atoms in total. The molecule has 1 aliphatic heterocycles. The number of nitrogens with one attached hydrogen (secondary N) is 1. The maximum Gasteiger partial charge on any atom is 0.253 e. The molecule has 0 spiro atoms. The zero-order valence-corrected chi connectivity index (χ0v) is 23.3. The van der Waals surface area contributed by atoms with Gasteiger partial charge in [0, 0.05) is 29.5 Å². The van der Waals surface area contributed by atoms with Gasteiger partial charge in [-0.05, 0) is 51.3 Å². The quantitative estimate of drug-likeness (QED) is 0.252. The second kappa shape index (κ2) is 12.2. The average molecular weight is 574 g/mol. The van der Waals surface area contributed by atoms with E-state index in [1.165, 1.54) is 0 Å². The first kappa shape index (κ1) is 27.7. The van der Waals surface area contributed by atoms with Crippen molar-refractivity contribution in [3.8, 4) is 17.4 Å². The topological polar surface area (TPSA) is 159 Å². The van der Waals surface area contributed by atoms with Gasteiger partial charge in [0.1, 0.15) is 13.2 Å². The number of aliphatic hydroxyl groups is 1. The second-order valence-electron chi connectivity index (χ2n) is 10.2. The van der Waals surface area contributed by atoms with Crippen LogP contribution < -0.4 is 10.1 Å². The van der Waals surface area contributed by atoms with E-state index in [0.29, 0.717) is 52.4 Å². The van der Waals surface area contributed by atoms with Crippen molar-refractivity contribution in [2.75, 3.05) is 13.2 Å². The van der Waals surface area contributed by atoms with Gasteiger partial charge in [0.25, 0.3) is 5.91 Å². The molecule has 5 aromatic rings. The van der Waals surface area contributed by atoms with Crippen molar-refractivity contribution in [3.63, 3.8) is 0 Å². The average Bonchev–Trinajstić information content (AvgIpc) is 3.66. The molecule has 0 saturated carbocycles. The molecule has 42 heavy (non-hydrogen) atoms. The maximum atomic E-state index is 12.5. The molecule has 1 saturated heterocycles. The lowest BCUT2D eigenvalue weighted by atomic mass is 10.1. The Bertz CT molecular complexity index is 1710. The fourth-order valence-corrected chi connectivity index (χ4v) is 4.75. The number of fused-ring (bicyclic) bond motifs is 3. The number of nitrogens with zero attached hydrogens (tertiary/aromatic N) is 6. The molecule has 1 aromatic carbocycles. The molecular formula is C29H31N7O6. The molecule has 5 heterocycles. The summed E-state index contributed by atoms with van der Waals surface area (Å²) in [5.41, 5.74) is 2.61. The third kappa shape index (κ3) is 5.79. The molecule has 6 rings (SSSR count). The lowest BCUT2D eigenvalue weighted by Crippen LogP contribution is -2.35. The van der Waals surface area contributed by atoms with E-state index in [2.05, 4.69) is 25.7 Å². The van der Waals surface area contributed by atoms with Crippen molar-refractivity contribution >= 4 is 22.3 Å². The maximum absolute atomic E-state index is 12.5. The van der Waals surface area contributed by atoms with Gasteiger partial charge in [0.15, 0.2) is 23.4 Å². The van der Waals surface area contributed by atoms with E-state index in [0.717, 1.165) is 30.0 Å². The molecule has 0 bridgehead atoms. The van der Waals surface area contributed by atoms with Crippen molar-refractivity contribution in [1.29, 1.82) is 0 Å². The van der Waals surface area contributed by atoms with Crippen LogP contribution in [0.25, 0.3) is 27.9 Å². The van der Waals surface area contributed by atoms with Gasteiger partial charge in [-0.25, -0.2) is 0 Å². The number of hydrogen-bond acceptors (Lipinski definition) is 11. The van der Waals surface area contributed by atoms with Gasteiger partial charge in [0.2, 0.25) is 11.7 Å². The van der Waals surface area contributed by atoms with Crippen molar-refractivity contribution in [1.82, 2.24) is 35.3 Å². The van der Waals surface area contributed by atoms with Gasteiger partial charge >= 0.3 is 0 Å². The molecule has 218 valence electrons. The smallest absolute Gasteiger partial charge is 0.253 e. The van der Waals surface area contributed by atoms with E-state index in [4.69, 9.17) is 23.8 Å². The zero-order chi connectivity index (χ0) is 29.1. The van der Waals surface area contributed by atoms with E-state index in [9.17, 15) is 9.90 Å². The van der Waals surface area contributed by atoms with Crippen LogP contribution in [0.2, 0.25) is 0 Å². The van der Waals surface area contributed by atoms with Crippen molar-refractivity contribution in [3.05, 3.63) is 65.2 Å². The fourth-order valence-electron chi connectivity index (χ4n) is 4.75. The Kier molecular flexibility index (Phi) is 8.04. The summed E-state index contributed by atoms with van der Waals surface area (Å²) in [6, 6.07) is 12.5. The van der Waals surface area contributed by atoms with Crippen LogP contribution in [0.4, 0.5) is 0 Å². The number of rotatable bonds is 10. The van der Waals surface area contributed by atoms with Crippen LogP contribution in [0.3, 0.4) is 0 Å². The normalized spacial score (nSPS) is 16.1. The van der Waals surface area contributed by atoms with Gasteiger partial charge in [-0.3, -0.25) is 9.78 Å². The fraction of sp³-hybridized carbons (Fsp3) is 0.379. The Morgan fingerprint density at radius 3 is 2.81 bits per heavy atom. The molecule has 0 aliphatic carbocycles. The number of aromatic nitrogens is 6. The first-order chi connectivity index (χ1) is 20.5. The number of amides is 1. The highest BCUT2D eigenvalue weighted by molar-refractivity contribution is 5.97. The molecule has 1 aliphatic rings. The van der Waals surface area contributed by atoms with Crippen LogP contribution in [0.15, 0.2) is 47.0 Å². The van der Waals surface area contributed by atoms with Gasteiger partial charge in [0.05, 0.1) is 23.6 Å². The number of carbonyl (C=O) groups excluding carboxylic acids is 1. The summed E-state index contributed by atoms with van der Waals surface area (Å²) in [4.78, 5) is 17.0. The predicted octanol–water partition coefficient (Wildman–Crippen LogP) is 3.37. The summed E-state index contributed by atoms with van der Waals surface area (Å²) in [5, 5.41) is 31.1. The molecule has 2 atom stereocenters. The summed E-state index contributed by atoms with van der Waals surface area (Å²) in [7, 11) is 0. The summed E-state index contributed by atoms with van der Waals surface area (Å²) in [5.74, 6) is 0.999. The van der Waals surface area contributed by atoms with Crippen LogP contribution in [-0.2, 0) is 22.7 Å². The Morgan fingerprint density at radius 2 is 2.02 bits per heavy atom. The Balaban J connectivity index is 1.24. The SMILES string of the molecule is Cc1nc(COc2nn3c(-c4cc(COC5CCCCO5)on4)nnc3c3ccccc23)ccc1C(=O)N[C@H](C)CO. The van der Waals surface area contributed by atoms with Gasteiger partial charge in [-0.1, -0.05) is 23.4 Å². The van der Waals surface area contributed by atoms with Crippen molar-refractivity contribution in [2.24, 2.45) is 0 Å². The highest BCUT2D eigenvalue weighted by atomic mass is 16.7. The van der Waals surface area contributed by atoms with Gasteiger partial charge in [-0.15, -0.1) is 15.3 Å². The standard InChI is InChI=1S/C29H31N7O6/c1-17(14-37)30-28(38)21-11-10-19(31-18(21)2)15-41-29-23-8-4-3-7-22(23)26-32-33-27(36(26)34-29)24-13-20(42-35-24)16-40-25-9-5-6-12-39-25/h3-4,7-8,10-11,13,17,25,37H,5-6,9,12,14-16H2,1-2H3,(H,30,38)/t17-,25?/m1/s1. The number of aryl methyl sites for hydroxylation is 1. The highest BCUT2D eigenvalue weighted by Crippen LogP contribution is 2.29. The minimum atomic E-state index is -0.356. The minimum Gasteiger partial charge on any atom is -0.470 e. The number of pyridine rings is 1. The molecule has 1 unspecified atom stereocenters. The lowest BCUT2D eigenvalue weighted by molar-refractivity contribution is -0.171. The van der Waals surface area contributed by atoms with Crippen LogP contribution in [0.5, 0.6) is 5.88 Å². The molecule has 1 amide bonds. The molecule has 1 fully saturated rings. The second-order valence-corrected chi connectivity index (χ2v) is 10.2. The van der Waals surface area contributed by atoms with Crippen LogP contribution >= 0.6 is 0 Å². The molecular weight excluding hydrogens is 542 g/mol. The molecule has 0 radical (unpaired) electrons.